The molecule has 0 saturated carbocycles. The molecule has 0 aliphatic heterocycles. The first kappa shape index (κ1) is 23.0. The molecule has 0 aliphatic carbocycles. The number of aryl methyl sites for hydroxylation is 1. The molecule has 2 rings (SSSR count). The van der Waals surface area contributed by atoms with Crippen LogP contribution in [0.5, 0.6) is 0 Å². The lowest BCUT2D eigenvalue weighted by molar-refractivity contribution is 0.0489. The van der Waals surface area contributed by atoms with Gasteiger partial charge in [-0.3, -0.25) is 0 Å². The Bertz CT molecular complexity index is 762. The molecule has 0 amide bonds. The highest BCUT2D eigenvalue weighted by Crippen LogP contribution is 2.36. The van der Waals surface area contributed by atoms with E-state index in [1.165, 1.54) is 11.1 Å². The number of thiazole rings is 1. The van der Waals surface area contributed by atoms with Crippen molar-refractivity contribution in [1.82, 2.24) is 4.98 Å². The highest BCUT2D eigenvalue weighted by molar-refractivity contribution is 7.09. The van der Waals surface area contributed by atoms with Crippen LogP contribution in [0.4, 0.5) is 0 Å². The fourth-order valence-electron chi connectivity index (χ4n) is 2.62. The Morgan fingerprint density at radius 3 is 2.46 bits per heavy atom. The molecule has 0 fully saturated rings. The predicted molar refractivity (Wildman–Crippen MR) is 123 cm³/mol. The highest BCUT2D eigenvalue weighted by atomic mass is 32.1. The Balaban J connectivity index is 2.05. The lowest BCUT2D eigenvalue weighted by Crippen LogP contribution is -2.41. The molecule has 0 radical (unpaired) electrons. The molecule has 0 unspecified atom stereocenters. The van der Waals surface area contributed by atoms with Crippen LogP contribution in [-0.2, 0) is 15.8 Å². The summed E-state index contributed by atoms with van der Waals surface area (Å²) in [7, 11) is -1.75. The molecule has 0 N–H and O–H groups in total. The van der Waals surface area contributed by atoms with Crippen molar-refractivity contribution in [1.29, 1.82) is 0 Å². The fraction of sp³-hybridized carbons (Fsp3) is 0.522. The van der Waals surface area contributed by atoms with Gasteiger partial charge in [-0.2, -0.15) is 0 Å². The van der Waals surface area contributed by atoms with Crippen molar-refractivity contribution in [3.05, 3.63) is 57.6 Å². The van der Waals surface area contributed by atoms with E-state index in [0.717, 1.165) is 23.7 Å². The summed E-state index contributed by atoms with van der Waals surface area (Å²) in [4.78, 5) is 4.57. The Labute approximate surface area is 175 Å². The molecule has 0 aliphatic rings. The number of hydrogen-bond donors (Lipinski definition) is 0. The Morgan fingerprint density at radius 2 is 1.89 bits per heavy atom. The van der Waals surface area contributed by atoms with E-state index in [0.29, 0.717) is 6.61 Å². The third kappa shape index (κ3) is 6.96. The lowest BCUT2D eigenvalue weighted by atomic mass is 10.1. The molecule has 2 aromatic rings. The van der Waals surface area contributed by atoms with Crippen molar-refractivity contribution >= 4 is 25.7 Å². The Morgan fingerprint density at radius 1 is 1.21 bits per heavy atom. The molecular formula is C23H35NO2SSi. The van der Waals surface area contributed by atoms with Gasteiger partial charge >= 0.3 is 0 Å². The van der Waals surface area contributed by atoms with E-state index in [-0.39, 0.29) is 11.1 Å². The van der Waals surface area contributed by atoms with Crippen molar-refractivity contribution < 1.29 is 9.16 Å². The molecule has 1 aromatic heterocycles. The minimum Gasteiger partial charge on any atom is -0.417 e. The van der Waals surface area contributed by atoms with Gasteiger partial charge in [0.2, 0.25) is 0 Å². The monoisotopic (exact) mass is 417 g/mol. The highest BCUT2D eigenvalue weighted by Gasteiger charge is 2.37. The van der Waals surface area contributed by atoms with Crippen molar-refractivity contribution in [2.75, 3.05) is 6.61 Å². The normalized spacial score (nSPS) is 14.3. The second-order valence-corrected chi connectivity index (χ2v) is 14.7. The SMILES string of the molecule is C/C(=C\c1csc(C)n1)[C@H](CCO[Si](C)(C)C(C)(C)C)OCc1ccccc1. The van der Waals surface area contributed by atoms with Crippen LogP contribution in [0, 0.1) is 6.92 Å². The zero-order chi connectivity index (χ0) is 20.8. The lowest BCUT2D eigenvalue weighted by Gasteiger charge is -2.36. The number of hydrogen-bond acceptors (Lipinski definition) is 4. The number of rotatable bonds is 9. The summed E-state index contributed by atoms with van der Waals surface area (Å²) in [6.45, 7) is 16.9. The van der Waals surface area contributed by atoms with Gasteiger partial charge in [0, 0.05) is 12.0 Å². The van der Waals surface area contributed by atoms with Gasteiger partial charge in [-0.15, -0.1) is 11.3 Å². The average Bonchev–Trinajstić information content (AvgIpc) is 3.02. The van der Waals surface area contributed by atoms with Crippen molar-refractivity contribution in [2.45, 2.75) is 71.9 Å². The van der Waals surface area contributed by atoms with Gasteiger partial charge in [-0.05, 0) is 55.6 Å². The summed E-state index contributed by atoms with van der Waals surface area (Å²) >= 11 is 1.68. The standard InChI is InChI=1S/C23H35NO2SSi/c1-18(15-21-17-27-19(2)24-21)22(25-16-20-11-9-8-10-12-20)13-14-26-28(6,7)23(3,4)5/h8-12,15,17,22H,13-14,16H2,1-7H3/b18-15+/t22-/m0/s1. The molecular weight excluding hydrogens is 382 g/mol. The first-order valence-corrected chi connectivity index (χ1v) is 13.8. The van der Waals surface area contributed by atoms with E-state index in [1.807, 2.05) is 13.0 Å². The maximum Gasteiger partial charge on any atom is 0.191 e. The molecule has 28 heavy (non-hydrogen) atoms. The minimum atomic E-state index is -1.75. The van der Waals surface area contributed by atoms with Gasteiger partial charge in [-0.1, -0.05) is 51.1 Å². The zero-order valence-corrected chi connectivity index (χ0v) is 20.2. The largest absolute Gasteiger partial charge is 0.417 e. The van der Waals surface area contributed by atoms with E-state index >= 15 is 0 Å². The van der Waals surface area contributed by atoms with Gasteiger partial charge in [0.25, 0.3) is 0 Å². The van der Waals surface area contributed by atoms with Crippen LogP contribution in [0.1, 0.15) is 50.4 Å². The van der Waals surface area contributed by atoms with Crippen LogP contribution in [0.2, 0.25) is 18.1 Å². The van der Waals surface area contributed by atoms with Gasteiger partial charge in [0.05, 0.1) is 23.4 Å². The van der Waals surface area contributed by atoms with Crippen molar-refractivity contribution in [3.8, 4) is 0 Å². The third-order valence-electron chi connectivity index (χ3n) is 5.46. The number of aromatic nitrogens is 1. The van der Waals surface area contributed by atoms with Crippen LogP contribution in [-0.4, -0.2) is 26.0 Å². The van der Waals surface area contributed by atoms with Crippen LogP contribution >= 0.6 is 11.3 Å². The second kappa shape index (κ2) is 9.97. The van der Waals surface area contributed by atoms with E-state index in [4.69, 9.17) is 9.16 Å². The van der Waals surface area contributed by atoms with E-state index in [2.05, 4.69) is 81.5 Å². The Kier molecular flexibility index (Phi) is 8.19. The third-order valence-corrected chi connectivity index (χ3v) is 10.8. The van der Waals surface area contributed by atoms with Gasteiger partial charge in [-0.25, -0.2) is 4.98 Å². The molecule has 1 heterocycles. The summed E-state index contributed by atoms with van der Waals surface area (Å²) in [6.07, 6.45) is 3.02. The molecule has 0 saturated heterocycles. The molecule has 5 heteroatoms. The van der Waals surface area contributed by atoms with Crippen LogP contribution in [0.15, 0.2) is 41.3 Å². The predicted octanol–water partition coefficient (Wildman–Crippen LogP) is 6.85. The zero-order valence-electron chi connectivity index (χ0n) is 18.4. The topological polar surface area (TPSA) is 31.4 Å². The molecule has 1 aromatic carbocycles. The number of benzene rings is 1. The summed E-state index contributed by atoms with van der Waals surface area (Å²) in [5.74, 6) is 0. The molecule has 3 nitrogen and oxygen atoms in total. The molecule has 1 atom stereocenters. The van der Waals surface area contributed by atoms with Crippen LogP contribution < -0.4 is 0 Å². The number of nitrogens with zero attached hydrogens (tertiary/aromatic N) is 1. The van der Waals surface area contributed by atoms with E-state index in [9.17, 15) is 0 Å². The summed E-state index contributed by atoms with van der Waals surface area (Å²) < 4.78 is 12.7. The maximum atomic E-state index is 6.40. The van der Waals surface area contributed by atoms with Gasteiger partial charge in [0.1, 0.15) is 0 Å². The second-order valence-electron chi connectivity index (χ2n) is 8.86. The maximum absolute atomic E-state index is 6.40. The van der Waals surface area contributed by atoms with Gasteiger partial charge in [0.15, 0.2) is 8.32 Å². The quantitative estimate of drug-likeness (QED) is 0.418. The number of ether oxygens (including phenoxy) is 1. The minimum absolute atomic E-state index is 0.0204. The summed E-state index contributed by atoms with van der Waals surface area (Å²) in [5.41, 5.74) is 3.40. The van der Waals surface area contributed by atoms with E-state index in [1.54, 1.807) is 11.3 Å². The summed E-state index contributed by atoms with van der Waals surface area (Å²) in [6, 6.07) is 10.3. The first-order chi connectivity index (χ1) is 13.1. The summed E-state index contributed by atoms with van der Waals surface area (Å²) in [5, 5.41) is 3.40. The fourth-order valence-corrected chi connectivity index (χ4v) is 4.26. The van der Waals surface area contributed by atoms with Crippen molar-refractivity contribution in [2.24, 2.45) is 0 Å². The first-order valence-electron chi connectivity index (χ1n) is 9.98. The van der Waals surface area contributed by atoms with Crippen LogP contribution in [0.3, 0.4) is 0 Å². The Hall–Kier alpha value is -1.27. The van der Waals surface area contributed by atoms with E-state index < -0.39 is 8.32 Å². The van der Waals surface area contributed by atoms with Crippen molar-refractivity contribution in [3.63, 3.8) is 0 Å². The molecule has 0 bridgehead atoms. The smallest absolute Gasteiger partial charge is 0.191 e. The average molecular weight is 418 g/mol. The molecule has 154 valence electrons. The van der Waals surface area contributed by atoms with Crippen LogP contribution in [0.25, 0.3) is 6.08 Å². The van der Waals surface area contributed by atoms with Gasteiger partial charge < -0.3 is 9.16 Å². The molecule has 0 spiro atoms.